The van der Waals surface area contributed by atoms with Crippen LogP contribution >= 0.6 is 11.6 Å². The highest BCUT2D eigenvalue weighted by Crippen LogP contribution is 2.41. The number of anilines is 1. The molecule has 2 aliphatic heterocycles. The van der Waals surface area contributed by atoms with Gasteiger partial charge in [-0.25, -0.2) is 13.1 Å². The van der Waals surface area contributed by atoms with Crippen LogP contribution in [0.2, 0.25) is 5.02 Å². The third-order valence-electron chi connectivity index (χ3n) is 9.94. The van der Waals surface area contributed by atoms with Crippen molar-refractivity contribution < 1.29 is 32.2 Å². The Morgan fingerprint density at radius 3 is 2.66 bits per heavy atom. The number of halogens is 1. The maximum absolute atomic E-state index is 13.8. The number of nitrogens with zero attached hydrogens (tertiary/aromatic N) is 1. The molecule has 0 unspecified atom stereocenters. The molecule has 11 heteroatoms. The van der Waals surface area contributed by atoms with Crippen molar-refractivity contribution in [2.24, 2.45) is 17.8 Å². The van der Waals surface area contributed by atoms with Crippen molar-refractivity contribution in [3.05, 3.63) is 70.3 Å². The van der Waals surface area contributed by atoms with Crippen LogP contribution in [0.1, 0.15) is 66.9 Å². The summed E-state index contributed by atoms with van der Waals surface area (Å²) in [4.78, 5) is 16.0. The van der Waals surface area contributed by atoms with Gasteiger partial charge in [-0.3, -0.25) is 4.79 Å². The van der Waals surface area contributed by atoms with Gasteiger partial charge >= 0.3 is 0 Å². The summed E-state index contributed by atoms with van der Waals surface area (Å²) in [6.07, 6.45) is 9.83. The van der Waals surface area contributed by atoms with Crippen molar-refractivity contribution in [3.8, 4) is 5.75 Å². The zero-order valence-corrected chi connectivity index (χ0v) is 29.4. The number of hydrogen-bond acceptors (Lipinski definition) is 8. The van der Waals surface area contributed by atoms with Crippen LogP contribution in [0.3, 0.4) is 0 Å². The van der Waals surface area contributed by atoms with Crippen LogP contribution in [0.5, 0.6) is 5.75 Å². The summed E-state index contributed by atoms with van der Waals surface area (Å²) in [5.74, 6) is 0.488. The monoisotopic (exact) mass is 688 g/mol. The largest absolute Gasteiger partial charge is 0.487 e. The van der Waals surface area contributed by atoms with Crippen molar-refractivity contribution >= 4 is 33.2 Å². The molecule has 2 aromatic carbocycles. The Hall–Kier alpha value is -2.63. The predicted molar refractivity (Wildman–Crippen MR) is 185 cm³/mol. The van der Waals surface area contributed by atoms with Crippen LogP contribution in [-0.4, -0.2) is 72.8 Å². The number of aryl methyl sites for hydroxylation is 1. The van der Waals surface area contributed by atoms with Crippen LogP contribution < -0.4 is 14.4 Å². The van der Waals surface area contributed by atoms with Gasteiger partial charge in [-0.2, -0.15) is 0 Å². The molecule has 1 fully saturated rings. The zero-order valence-electron chi connectivity index (χ0n) is 27.8. The first-order chi connectivity index (χ1) is 22.7. The van der Waals surface area contributed by atoms with Crippen molar-refractivity contribution in [2.75, 3.05) is 52.0 Å². The zero-order chi connectivity index (χ0) is 33.4. The van der Waals surface area contributed by atoms with Crippen molar-refractivity contribution in [3.63, 3.8) is 0 Å². The van der Waals surface area contributed by atoms with E-state index in [2.05, 4.69) is 15.7 Å². The number of sulfonamides is 1. The predicted octanol–water partition coefficient (Wildman–Crippen LogP) is 6.18. The van der Waals surface area contributed by atoms with Gasteiger partial charge in [-0.05, 0) is 104 Å². The van der Waals surface area contributed by atoms with Crippen molar-refractivity contribution in [2.45, 2.75) is 69.8 Å². The minimum absolute atomic E-state index is 0.0637. The fourth-order valence-corrected chi connectivity index (χ4v) is 8.90. The minimum Gasteiger partial charge on any atom is -0.487 e. The summed E-state index contributed by atoms with van der Waals surface area (Å²) >= 11 is 6.35. The summed E-state index contributed by atoms with van der Waals surface area (Å²) in [5, 5.41) is -0.124. The quantitative estimate of drug-likeness (QED) is 0.272. The number of rotatable bonds is 7. The first-order valence-corrected chi connectivity index (χ1v) is 18.7. The number of hydrogen-bond donors (Lipinski definition) is 1. The number of benzene rings is 2. The molecule has 2 bridgehead atoms. The number of ether oxygens (including phenoxy) is 4. The van der Waals surface area contributed by atoms with Crippen molar-refractivity contribution in [1.29, 1.82) is 0 Å². The van der Waals surface area contributed by atoms with Gasteiger partial charge in [0.05, 0.1) is 30.3 Å². The highest BCUT2D eigenvalue weighted by atomic mass is 35.5. The average molecular weight is 689 g/mol. The first-order valence-electron chi connectivity index (χ1n) is 16.8. The molecular formula is C36H49ClN2O7S. The Kier molecular flexibility index (Phi) is 12.6. The van der Waals surface area contributed by atoms with Gasteiger partial charge in [-0.1, -0.05) is 36.7 Å². The van der Waals surface area contributed by atoms with E-state index in [1.807, 2.05) is 31.2 Å². The Morgan fingerprint density at radius 2 is 1.89 bits per heavy atom. The third-order valence-corrected chi connectivity index (χ3v) is 12.1. The van der Waals surface area contributed by atoms with Gasteiger partial charge in [0.25, 0.3) is 5.91 Å². The van der Waals surface area contributed by atoms with Crippen molar-refractivity contribution in [1.82, 2.24) is 4.72 Å². The van der Waals surface area contributed by atoms with E-state index in [1.54, 1.807) is 32.4 Å². The number of carbonyl (C=O) groups is 1. The molecular weight excluding hydrogens is 640 g/mol. The van der Waals surface area contributed by atoms with E-state index in [0.29, 0.717) is 48.8 Å². The number of allylic oxidation sites excluding steroid dienone is 1. The van der Waals surface area contributed by atoms with Gasteiger partial charge in [-0.15, -0.1) is 0 Å². The van der Waals surface area contributed by atoms with Gasteiger partial charge in [0.2, 0.25) is 10.0 Å². The molecule has 2 aromatic rings. The summed E-state index contributed by atoms with van der Waals surface area (Å²) in [6.45, 7) is 4.87. The molecule has 0 radical (unpaired) electrons. The van der Waals surface area contributed by atoms with Crippen LogP contribution in [0.4, 0.5) is 5.69 Å². The maximum atomic E-state index is 13.8. The van der Waals surface area contributed by atoms with E-state index in [9.17, 15) is 13.2 Å². The van der Waals surface area contributed by atoms with E-state index in [0.717, 1.165) is 56.4 Å². The Bertz CT molecular complexity index is 1500. The van der Waals surface area contributed by atoms with Crippen LogP contribution in [0, 0.1) is 17.8 Å². The molecule has 47 heavy (non-hydrogen) atoms. The van der Waals surface area contributed by atoms with Crippen LogP contribution in [-0.2, 0) is 37.3 Å². The molecule has 1 N–H and O–H groups in total. The highest BCUT2D eigenvalue weighted by molar-refractivity contribution is 7.90. The fourth-order valence-electron chi connectivity index (χ4n) is 7.04. The van der Waals surface area contributed by atoms with Gasteiger partial charge in [0.15, 0.2) is 0 Å². The lowest BCUT2D eigenvalue weighted by atomic mass is 9.70. The SMILES string of the molecule is COCCOCC[C@@H]1[C@@H](C)C/C=C/[C@H](OC)[C@@H]2CC[C@H]2CN2CCCCc3cc(Cl)ccc3COc3ccc(cc32)C(=O)NS1(=O)=O. The lowest BCUT2D eigenvalue weighted by Crippen LogP contribution is -2.44. The summed E-state index contributed by atoms with van der Waals surface area (Å²) < 4.78 is 53.2. The van der Waals surface area contributed by atoms with Gasteiger partial charge in [0, 0.05) is 44.5 Å². The fraction of sp³-hybridized carbons (Fsp3) is 0.583. The molecule has 3 aliphatic rings. The second kappa shape index (κ2) is 16.7. The Labute approximate surface area is 285 Å². The van der Waals surface area contributed by atoms with E-state index in [1.165, 1.54) is 5.56 Å². The molecule has 9 nitrogen and oxygen atoms in total. The van der Waals surface area contributed by atoms with E-state index >= 15 is 0 Å². The second-order valence-electron chi connectivity index (χ2n) is 13.0. The molecule has 5 rings (SSSR count). The normalized spacial score (nSPS) is 27.2. The lowest BCUT2D eigenvalue weighted by Gasteiger charge is -2.43. The molecule has 1 saturated carbocycles. The molecule has 0 spiro atoms. The number of fused-ring (bicyclic) bond motifs is 3. The number of amides is 1. The molecule has 5 atom stereocenters. The second-order valence-corrected chi connectivity index (χ2v) is 15.4. The van der Waals surface area contributed by atoms with Crippen LogP contribution in [0.25, 0.3) is 0 Å². The minimum atomic E-state index is -4.05. The smallest absolute Gasteiger partial charge is 0.264 e. The summed E-state index contributed by atoms with van der Waals surface area (Å²) in [5.41, 5.74) is 3.33. The molecule has 258 valence electrons. The summed E-state index contributed by atoms with van der Waals surface area (Å²) in [7, 11) is -0.710. The number of methoxy groups -OCH3 is 2. The average Bonchev–Trinajstić information content (AvgIpc) is 3.06. The topological polar surface area (TPSA) is 103 Å². The third kappa shape index (κ3) is 9.09. The first kappa shape index (κ1) is 35.7. The van der Waals surface area contributed by atoms with Gasteiger partial charge < -0.3 is 23.8 Å². The maximum Gasteiger partial charge on any atom is 0.264 e. The molecule has 1 amide bonds. The highest BCUT2D eigenvalue weighted by Gasteiger charge is 2.38. The Balaban J connectivity index is 1.50. The molecule has 2 heterocycles. The van der Waals surface area contributed by atoms with E-state index < -0.39 is 21.2 Å². The van der Waals surface area contributed by atoms with E-state index in [-0.39, 0.29) is 30.6 Å². The molecule has 0 saturated heterocycles. The summed E-state index contributed by atoms with van der Waals surface area (Å²) in [6, 6.07) is 11.2. The Morgan fingerprint density at radius 1 is 1.04 bits per heavy atom. The molecule has 0 aromatic heterocycles. The van der Waals surface area contributed by atoms with Crippen LogP contribution in [0.15, 0.2) is 48.6 Å². The van der Waals surface area contributed by atoms with Gasteiger partial charge in [0.1, 0.15) is 12.4 Å². The standard InChI is InChI=1S/C36H49ClN2O7S/c1-25-7-6-9-33(44-3)31-14-11-28(31)23-39-17-5-4-8-26-21-30(37)13-10-29(26)24-46-34-15-12-27(22-32(34)39)36(40)38-47(41,42)35(25)16-18-45-20-19-43-2/h6,9-10,12-13,15,21-22,25,28,31,33,35H,4-5,7-8,11,14,16-20,23-24H2,1-3H3,(H,38,40)/b9-6+/t25-,28-,31+,33-,35+/m0/s1. The lowest BCUT2D eigenvalue weighted by molar-refractivity contribution is 0.0134. The number of carbonyl (C=O) groups excluding carboxylic acids is 1. The number of nitrogens with one attached hydrogen (secondary N) is 1. The van der Waals surface area contributed by atoms with E-state index in [4.69, 9.17) is 30.5 Å². The molecule has 1 aliphatic carbocycles.